The van der Waals surface area contributed by atoms with Crippen molar-refractivity contribution in [1.82, 2.24) is 9.55 Å². The molecule has 0 saturated carbocycles. The molecule has 0 saturated heterocycles. The summed E-state index contributed by atoms with van der Waals surface area (Å²) in [4.78, 5) is 4.29. The summed E-state index contributed by atoms with van der Waals surface area (Å²) in [5.74, 6) is 1.11. The number of imidazole rings is 1. The molecule has 0 fully saturated rings. The van der Waals surface area contributed by atoms with E-state index in [9.17, 15) is 13.2 Å². The first-order valence-corrected chi connectivity index (χ1v) is 5.83. The van der Waals surface area contributed by atoms with Crippen molar-refractivity contribution in [2.24, 2.45) is 7.05 Å². The Labute approximate surface area is 108 Å². The molecule has 2 N–H and O–H groups in total. The molecule has 0 aliphatic carbocycles. The highest BCUT2D eigenvalue weighted by molar-refractivity contribution is 5.71. The fraction of sp³-hybridized carbons (Fsp3) is 0.308. The standard InChI is InChI=1S/C13H14F3N3/c1-3-10-18-11(12(17)19(10)2)8-5-4-6-9(7-8)13(14,15)16/h4-7H,3,17H2,1-2H3. The highest BCUT2D eigenvalue weighted by Gasteiger charge is 2.30. The van der Waals surface area contributed by atoms with E-state index in [0.29, 0.717) is 23.5 Å². The van der Waals surface area contributed by atoms with Crippen molar-refractivity contribution < 1.29 is 13.2 Å². The summed E-state index contributed by atoms with van der Waals surface area (Å²) in [7, 11) is 1.75. The van der Waals surface area contributed by atoms with E-state index in [0.717, 1.165) is 18.0 Å². The van der Waals surface area contributed by atoms with Gasteiger partial charge in [0, 0.05) is 19.0 Å². The molecular formula is C13H14F3N3. The van der Waals surface area contributed by atoms with Gasteiger partial charge in [-0.05, 0) is 12.1 Å². The molecule has 6 heteroatoms. The lowest BCUT2D eigenvalue weighted by Crippen LogP contribution is -2.04. The fourth-order valence-corrected chi connectivity index (χ4v) is 1.93. The minimum Gasteiger partial charge on any atom is -0.383 e. The molecule has 1 aromatic heterocycles. The molecule has 1 aromatic carbocycles. The van der Waals surface area contributed by atoms with Crippen molar-refractivity contribution in [2.45, 2.75) is 19.5 Å². The smallest absolute Gasteiger partial charge is 0.383 e. The molecule has 19 heavy (non-hydrogen) atoms. The molecule has 3 nitrogen and oxygen atoms in total. The lowest BCUT2D eigenvalue weighted by atomic mass is 10.1. The van der Waals surface area contributed by atoms with Crippen LogP contribution >= 0.6 is 0 Å². The van der Waals surface area contributed by atoms with Gasteiger partial charge >= 0.3 is 6.18 Å². The number of hydrogen-bond acceptors (Lipinski definition) is 2. The van der Waals surface area contributed by atoms with Crippen molar-refractivity contribution in [1.29, 1.82) is 0 Å². The third-order valence-corrected chi connectivity index (χ3v) is 3.01. The van der Waals surface area contributed by atoms with Crippen LogP contribution in [0, 0.1) is 0 Å². The third-order valence-electron chi connectivity index (χ3n) is 3.01. The Kier molecular flexibility index (Phi) is 3.26. The highest BCUT2D eigenvalue weighted by atomic mass is 19.4. The molecule has 0 unspecified atom stereocenters. The lowest BCUT2D eigenvalue weighted by molar-refractivity contribution is -0.137. The Hall–Kier alpha value is -1.98. The van der Waals surface area contributed by atoms with E-state index in [1.165, 1.54) is 6.07 Å². The summed E-state index contributed by atoms with van der Waals surface area (Å²) in [5.41, 5.74) is 5.96. The Morgan fingerprint density at radius 1 is 1.32 bits per heavy atom. The molecule has 2 rings (SSSR count). The number of nitrogens with zero attached hydrogens (tertiary/aromatic N) is 2. The topological polar surface area (TPSA) is 43.8 Å². The molecule has 1 heterocycles. The van der Waals surface area contributed by atoms with Gasteiger partial charge in [0.2, 0.25) is 0 Å². The fourth-order valence-electron chi connectivity index (χ4n) is 1.93. The molecular weight excluding hydrogens is 255 g/mol. The summed E-state index contributed by atoms with van der Waals surface area (Å²) in [6, 6.07) is 5.03. The van der Waals surface area contributed by atoms with Gasteiger partial charge in [0.15, 0.2) is 0 Å². The summed E-state index contributed by atoms with van der Waals surface area (Å²) in [6.07, 6.45) is -3.70. The van der Waals surface area contributed by atoms with Crippen molar-refractivity contribution in [2.75, 3.05) is 5.73 Å². The van der Waals surface area contributed by atoms with Crippen LogP contribution in [0.5, 0.6) is 0 Å². The largest absolute Gasteiger partial charge is 0.416 e. The maximum atomic E-state index is 12.7. The maximum Gasteiger partial charge on any atom is 0.416 e. The maximum absolute atomic E-state index is 12.7. The number of nitrogens with two attached hydrogens (primary N) is 1. The molecule has 102 valence electrons. The van der Waals surface area contributed by atoms with E-state index in [-0.39, 0.29) is 0 Å². The van der Waals surface area contributed by atoms with E-state index in [1.807, 2.05) is 6.92 Å². The summed E-state index contributed by atoms with van der Waals surface area (Å²) in [6.45, 7) is 1.91. The predicted molar refractivity (Wildman–Crippen MR) is 67.4 cm³/mol. The van der Waals surface area contributed by atoms with E-state index in [4.69, 9.17) is 5.73 Å². The van der Waals surface area contributed by atoms with Gasteiger partial charge in [-0.25, -0.2) is 4.98 Å². The van der Waals surface area contributed by atoms with Gasteiger partial charge < -0.3 is 10.3 Å². The second-order valence-corrected chi connectivity index (χ2v) is 4.25. The second-order valence-electron chi connectivity index (χ2n) is 4.25. The average Bonchev–Trinajstić information content (AvgIpc) is 2.65. The minimum atomic E-state index is -4.37. The zero-order valence-corrected chi connectivity index (χ0v) is 10.6. The molecule has 0 spiro atoms. The first kappa shape index (κ1) is 13.5. The van der Waals surface area contributed by atoms with Gasteiger partial charge in [0.1, 0.15) is 17.3 Å². The van der Waals surface area contributed by atoms with Crippen molar-refractivity contribution in [3.8, 4) is 11.3 Å². The molecule has 0 aliphatic heterocycles. The first-order valence-electron chi connectivity index (χ1n) is 5.83. The second kappa shape index (κ2) is 4.60. The Morgan fingerprint density at radius 3 is 2.53 bits per heavy atom. The monoisotopic (exact) mass is 269 g/mol. The third kappa shape index (κ3) is 2.43. The molecule has 0 amide bonds. The molecule has 2 aromatic rings. The molecule has 0 atom stereocenters. The number of alkyl halides is 3. The Balaban J connectivity index is 2.54. The van der Waals surface area contributed by atoms with Gasteiger partial charge in [-0.1, -0.05) is 19.1 Å². The van der Waals surface area contributed by atoms with Gasteiger partial charge in [-0.2, -0.15) is 13.2 Å². The van der Waals surface area contributed by atoms with Gasteiger partial charge in [0.05, 0.1) is 5.56 Å². The Bertz CT molecular complexity index is 600. The van der Waals surface area contributed by atoms with Crippen LogP contribution < -0.4 is 5.73 Å². The van der Waals surface area contributed by atoms with Gasteiger partial charge in [0.25, 0.3) is 0 Å². The van der Waals surface area contributed by atoms with E-state index < -0.39 is 11.7 Å². The summed E-state index contributed by atoms with van der Waals surface area (Å²) in [5, 5.41) is 0. The zero-order valence-electron chi connectivity index (χ0n) is 10.6. The Morgan fingerprint density at radius 2 is 2.00 bits per heavy atom. The van der Waals surface area contributed by atoms with Crippen LogP contribution in [0.15, 0.2) is 24.3 Å². The van der Waals surface area contributed by atoms with Gasteiger partial charge in [-0.15, -0.1) is 0 Å². The number of rotatable bonds is 2. The van der Waals surface area contributed by atoms with Crippen molar-refractivity contribution >= 4 is 5.82 Å². The SMILES string of the molecule is CCc1nc(-c2cccc(C(F)(F)F)c2)c(N)n1C. The first-order chi connectivity index (χ1) is 8.84. The summed E-state index contributed by atoms with van der Waals surface area (Å²) >= 11 is 0. The van der Waals surface area contributed by atoms with Crippen molar-refractivity contribution in [3.63, 3.8) is 0 Å². The zero-order chi connectivity index (χ0) is 14.2. The number of aromatic nitrogens is 2. The molecule has 0 radical (unpaired) electrons. The van der Waals surface area contributed by atoms with Gasteiger partial charge in [-0.3, -0.25) is 0 Å². The average molecular weight is 269 g/mol. The normalized spacial score (nSPS) is 11.8. The van der Waals surface area contributed by atoms with Crippen LogP contribution in [0.3, 0.4) is 0 Å². The van der Waals surface area contributed by atoms with Crippen LogP contribution in [-0.2, 0) is 19.6 Å². The van der Waals surface area contributed by atoms with Crippen LogP contribution in [0.2, 0.25) is 0 Å². The van der Waals surface area contributed by atoms with Crippen LogP contribution in [0.4, 0.5) is 19.0 Å². The molecule has 0 bridgehead atoms. The minimum absolute atomic E-state index is 0.371. The number of halogens is 3. The molecule has 0 aliphatic rings. The van der Waals surface area contributed by atoms with Crippen LogP contribution in [-0.4, -0.2) is 9.55 Å². The number of benzene rings is 1. The number of hydrogen-bond donors (Lipinski definition) is 1. The highest BCUT2D eigenvalue weighted by Crippen LogP contribution is 2.33. The van der Waals surface area contributed by atoms with E-state index >= 15 is 0 Å². The number of anilines is 1. The van der Waals surface area contributed by atoms with E-state index in [1.54, 1.807) is 17.7 Å². The van der Waals surface area contributed by atoms with E-state index in [2.05, 4.69) is 4.98 Å². The number of aryl methyl sites for hydroxylation is 1. The van der Waals surface area contributed by atoms with Crippen LogP contribution in [0.25, 0.3) is 11.3 Å². The lowest BCUT2D eigenvalue weighted by Gasteiger charge is -2.08. The predicted octanol–water partition coefficient (Wildman–Crippen LogP) is 3.25. The summed E-state index contributed by atoms with van der Waals surface area (Å²) < 4.78 is 39.7. The van der Waals surface area contributed by atoms with Crippen molar-refractivity contribution in [3.05, 3.63) is 35.7 Å². The van der Waals surface area contributed by atoms with Crippen LogP contribution in [0.1, 0.15) is 18.3 Å². The number of nitrogen functional groups attached to an aromatic ring is 1. The quantitative estimate of drug-likeness (QED) is 0.909.